The predicted molar refractivity (Wildman–Crippen MR) is 142 cm³/mol. The minimum atomic E-state index is -0.443. The van der Waals surface area contributed by atoms with E-state index in [1.54, 1.807) is 24.3 Å². The van der Waals surface area contributed by atoms with Crippen molar-refractivity contribution in [3.63, 3.8) is 0 Å². The summed E-state index contributed by atoms with van der Waals surface area (Å²) in [6.07, 6.45) is 1.70. The summed E-state index contributed by atoms with van der Waals surface area (Å²) < 4.78 is 7.61. The van der Waals surface area contributed by atoms with Crippen molar-refractivity contribution in [3.05, 3.63) is 106 Å². The normalized spacial score (nSPS) is 14.6. The summed E-state index contributed by atoms with van der Waals surface area (Å²) in [6.45, 7) is 0.491. The fourth-order valence-electron chi connectivity index (χ4n) is 3.16. The van der Waals surface area contributed by atoms with Gasteiger partial charge in [0.05, 0.1) is 19.9 Å². The number of halogens is 2. The average Bonchev–Trinajstić information content (AvgIpc) is 3.07. The summed E-state index contributed by atoms with van der Waals surface area (Å²) in [5, 5.41) is 10.5. The van der Waals surface area contributed by atoms with Crippen molar-refractivity contribution in [2.24, 2.45) is 0 Å². The fraction of sp³-hybridized carbons (Fsp3) is 0.0833. The molecule has 0 saturated carbocycles. The highest BCUT2D eigenvalue weighted by atomic mass is 127. The van der Waals surface area contributed by atoms with Crippen molar-refractivity contribution >= 4 is 73.2 Å². The Hall–Kier alpha value is -2.70. The molecule has 34 heavy (non-hydrogen) atoms. The van der Waals surface area contributed by atoms with Crippen molar-refractivity contribution in [1.82, 2.24) is 4.90 Å². The molecule has 0 aliphatic carbocycles. The van der Waals surface area contributed by atoms with E-state index in [0.29, 0.717) is 10.7 Å². The van der Waals surface area contributed by atoms with E-state index in [1.165, 1.54) is 17.0 Å². The van der Waals surface area contributed by atoms with Crippen LogP contribution in [0.25, 0.3) is 6.08 Å². The number of benzene rings is 3. The summed E-state index contributed by atoms with van der Waals surface area (Å²) >= 11 is 6.45. The Balaban J connectivity index is 1.42. The first-order valence-corrected chi connectivity index (χ1v) is 12.6. The summed E-state index contributed by atoms with van der Waals surface area (Å²) in [5.74, 6) is 0.339. The quantitative estimate of drug-likeness (QED) is 0.121. The number of carbonyl (C=O) groups is 2. The second-order valence-corrected chi connectivity index (χ2v) is 10.4. The van der Waals surface area contributed by atoms with Crippen molar-refractivity contribution < 1.29 is 19.2 Å². The maximum Gasteiger partial charge on any atom is 0.293 e. The van der Waals surface area contributed by atoms with Crippen molar-refractivity contribution in [1.29, 1.82) is 0 Å². The molecule has 0 unspecified atom stereocenters. The third kappa shape index (κ3) is 5.86. The maximum atomic E-state index is 12.8. The minimum Gasteiger partial charge on any atom is -0.488 e. The predicted octanol–water partition coefficient (Wildman–Crippen LogP) is 6.78. The van der Waals surface area contributed by atoms with Gasteiger partial charge in [-0.05, 0) is 93.5 Å². The van der Waals surface area contributed by atoms with Crippen LogP contribution in [-0.4, -0.2) is 21.0 Å². The molecular formula is C24H16BrIN2O5S. The molecule has 1 aliphatic rings. The Kier molecular flexibility index (Phi) is 7.69. The zero-order valence-electron chi connectivity index (χ0n) is 17.4. The molecule has 0 atom stereocenters. The van der Waals surface area contributed by atoms with Crippen LogP contribution >= 0.6 is 50.3 Å². The first-order chi connectivity index (χ1) is 16.3. The number of ether oxygens (including phenoxy) is 1. The SMILES string of the molecule is O=C1S/C(=C\c2ccc(OCc3ccc([N+](=O)[O-])cc3)c(I)c2)C(=O)N1Cc1ccc(Br)cc1. The van der Waals surface area contributed by atoms with Gasteiger partial charge in [0.25, 0.3) is 16.8 Å². The fourth-order valence-corrected chi connectivity index (χ4v) is 4.96. The lowest BCUT2D eigenvalue weighted by Gasteiger charge is -2.12. The summed E-state index contributed by atoms with van der Waals surface area (Å²) in [6, 6.07) is 19.2. The molecule has 10 heteroatoms. The van der Waals surface area contributed by atoms with Crippen LogP contribution in [0.1, 0.15) is 16.7 Å². The number of hydrogen-bond acceptors (Lipinski definition) is 6. The van der Waals surface area contributed by atoms with Gasteiger partial charge in [-0.25, -0.2) is 0 Å². The van der Waals surface area contributed by atoms with Gasteiger partial charge in [-0.3, -0.25) is 24.6 Å². The van der Waals surface area contributed by atoms with Crippen LogP contribution in [0.4, 0.5) is 10.5 Å². The first kappa shape index (κ1) is 24.4. The number of imide groups is 1. The number of thioether (sulfide) groups is 1. The van der Waals surface area contributed by atoms with Crippen molar-refractivity contribution in [3.8, 4) is 5.75 Å². The lowest BCUT2D eigenvalue weighted by Crippen LogP contribution is -2.27. The highest BCUT2D eigenvalue weighted by Gasteiger charge is 2.35. The van der Waals surface area contributed by atoms with Gasteiger partial charge in [0, 0.05) is 16.6 Å². The topological polar surface area (TPSA) is 89.7 Å². The van der Waals surface area contributed by atoms with E-state index in [4.69, 9.17) is 4.74 Å². The van der Waals surface area contributed by atoms with E-state index in [2.05, 4.69) is 38.5 Å². The van der Waals surface area contributed by atoms with Gasteiger partial charge in [0.1, 0.15) is 12.4 Å². The van der Waals surface area contributed by atoms with Gasteiger partial charge >= 0.3 is 0 Å². The van der Waals surface area contributed by atoms with Crippen LogP contribution in [0.5, 0.6) is 5.75 Å². The molecule has 4 rings (SSSR count). The van der Waals surface area contributed by atoms with E-state index in [0.717, 1.165) is 36.5 Å². The van der Waals surface area contributed by atoms with E-state index >= 15 is 0 Å². The van der Waals surface area contributed by atoms with Crippen LogP contribution < -0.4 is 4.74 Å². The molecule has 172 valence electrons. The van der Waals surface area contributed by atoms with E-state index in [1.807, 2.05) is 36.4 Å². The largest absolute Gasteiger partial charge is 0.488 e. The number of non-ortho nitro benzene ring substituents is 1. The summed E-state index contributed by atoms with van der Waals surface area (Å²) in [4.78, 5) is 37.2. The molecule has 2 amide bonds. The number of hydrogen-bond donors (Lipinski definition) is 0. The van der Waals surface area contributed by atoms with Crippen LogP contribution in [0.2, 0.25) is 0 Å². The Labute approximate surface area is 221 Å². The zero-order chi connectivity index (χ0) is 24.2. The molecule has 0 bridgehead atoms. The van der Waals surface area contributed by atoms with Gasteiger partial charge in [0.15, 0.2) is 0 Å². The van der Waals surface area contributed by atoms with Crippen molar-refractivity contribution in [2.45, 2.75) is 13.2 Å². The monoisotopic (exact) mass is 650 g/mol. The van der Waals surface area contributed by atoms with E-state index in [9.17, 15) is 19.7 Å². The third-order valence-electron chi connectivity index (χ3n) is 4.92. The number of nitrogens with zero attached hydrogens (tertiary/aromatic N) is 2. The molecule has 1 aliphatic heterocycles. The molecule has 0 spiro atoms. The van der Waals surface area contributed by atoms with Gasteiger partial charge in [-0.1, -0.05) is 34.1 Å². The molecule has 0 N–H and O–H groups in total. The van der Waals surface area contributed by atoms with Crippen LogP contribution in [0, 0.1) is 13.7 Å². The molecule has 1 saturated heterocycles. The third-order valence-corrected chi connectivity index (χ3v) is 7.20. The van der Waals surface area contributed by atoms with Crippen molar-refractivity contribution in [2.75, 3.05) is 0 Å². The Morgan fingerprint density at radius 2 is 1.71 bits per heavy atom. The van der Waals surface area contributed by atoms with E-state index in [-0.39, 0.29) is 30.0 Å². The van der Waals surface area contributed by atoms with Crippen LogP contribution in [-0.2, 0) is 17.9 Å². The molecule has 7 nitrogen and oxygen atoms in total. The highest BCUT2D eigenvalue weighted by Crippen LogP contribution is 2.34. The molecule has 3 aromatic carbocycles. The Morgan fingerprint density at radius 1 is 1.03 bits per heavy atom. The smallest absolute Gasteiger partial charge is 0.293 e. The minimum absolute atomic E-state index is 0.0314. The molecule has 0 aromatic heterocycles. The van der Waals surface area contributed by atoms with Crippen LogP contribution in [0.15, 0.2) is 76.1 Å². The number of nitro benzene ring substituents is 1. The maximum absolute atomic E-state index is 12.8. The molecule has 1 fully saturated rings. The first-order valence-electron chi connectivity index (χ1n) is 9.95. The second-order valence-electron chi connectivity index (χ2n) is 7.30. The molecule has 1 heterocycles. The Morgan fingerprint density at radius 3 is 2.35 bits per heavy atom. The lowest BCUT2D eigenvalue weighted by atomic mass is 10.2. The highest BCUT2D eigenvalue weighted by molar-refractivity contribution is 14.1. The van der Waals surface area contributed by atoms with Gasteiger partial charge in [-0.2, -0.15) is 0 Å². The average molecular weight is 651 g/mol. The Bertz CT molecular complexity index is 1300. The second kappa shape index (κ2) is 10.7. The van der Waals surface area contributed by atoms with Gasteiger partial charge in [-0.15, -0.1) is 0 Å². The zero-order valence-corrected chi connectivity index (χ0v) is 22.0. The summed E-state index contributed by atoms with van der Waals surface area (Å²) in [5.41, 5.74) is 2.49. The number of rotatable bonds is 7. The lowest BCUT2D eigenvalue weighted by molar-refractivity contribution is -0.384. The number of carbonyl (C=O) groups excluding carboxylic acids is 2. The molecular weight excluding hydrogens is 635 g/mol. The van der Waals surface area contributed by atoms with Gasteiger partial charge in [0.2, 0.25) is 0 Å². The number of amides is 2. The molecule has 0 radical (unpaired) electrons. The molecule has 3 aromatic rings. The summed E-state index contributed by atoms with van der Waals surface area (Å²) in [7, 11) is 0. The number of nitro groups is 1. The van der Waals surface area contributed by atoms with Crippen LogP contribution in [0.3, 0.4) is 0 Å². The van der Waals surface area contributed by atoms with Gasteiger partial charge < -0.3 is 4.74 Å². The van der Waals surface area contributed by atoms with E-state index < -0.39 is 4.92 Å². The standard InChI is InChI=1S/C24H16BrIN2O5S/c25-18-6-1-15(2-7-18)13-27-23(29)22(34-24(27)30)12-17-5-10-21(20(26)11-17)33-14-16-3-8-19(9-4-16)28(31)32/h1-12H,13-14H2/b22-12-.